The summed E-state index contributed by atoms with van der Waals surface area (Å²) in [7, 11) is 0. The fourth-order valence-electron chi connectivity index (χ4n) is 3.36. The van der Waals surface area contributed by atoms with Gasteiger partial charge in [0.25, 0.3) is 0 Å². The van der Waals surface area contributed by atoms with Crippen LogP contribution in [0, 0.1) is 5.92 Å². The molecule has 0 saturated carbocycles. The number of unbranched alkanes of at least 4 members (excludes halogenated alkanes) is 12. The Morgan fingerprint density at radius 3 is 1.90 bits per heavy atom. The Labute approximate surface area is 178 Å². The molecule has 0 saturated heterocycles. The molecule has 0 fully saturated rings. The first-order valence-corrected chi connectivity index (χ1v) is 11.8. The summed E-state index contributed by atoms with van der Waals surface area (Å²) in [6.07, 6.45) is 23.9. The highest BCUT2D eigenvalue weighted by Crippen LogP contribution is 2.16. The summed E-state index contributed by atoms with van der Waals surface area (Å²) in [4.78, 5) is 22.8. The zero-order chi connectivity index (χ0) is 21.6. The Morgan fingerprint density at radius 2 is 1.38 bits per heavy atom. The van der Waals surface area contributed by atoms with Crippen molar-refractivity contribution in [3.8, 4) is 0 Å². The summed E-state index contributed by atoms with van der Waals surface area (Å²) in [6.45, 7) is 5.87. The number of carboxylic acid groups (broad SMARTS) is 1. The molecule has 0 aromatic rings. The summed E-state index contributed by atoms with van der Waals surface area (Å²) in [6, 6.07) is 0. The van der Waals surface area contributed by atoms with E-state index in [9.17, 15) is 14.7 Å². The van der Waals surface area contributed by atoms with E-state index >= 15 is 0 Å². The number of rotatable bonds is 21. The number of esters is 1. The van der Waals surface area contributed by atoms with E-state index in [2.05, 4.69) is 25.7 Å². The molecule has 0 bridgehead atoms. The van der Waals surface area contributed by atoms with Gasteiger partial charge in [0.2, 0.25) is 0 Å². The molecule has 1 atom stereocenters. The van der Waals surface area contributed by atoms with Gasteiger partial charge in [-0.05, 0) is 32.1 Å². The highest BCUT2D eigenvalue weighted by molar-refractivity contribution is 5.78. The molecule has 168 valence electrons. The number of carbonyl (C=O) groups is 2. The van der Waals surface area contributed by atoms with Gasteiger partial charge in [0.15, 0.2) is 0 Å². The highest BCUT2D eigenvalue weighted by Gasteiger charge is 2.21. The van der Waals surface area contributed by atoms with Gasteiger partial charge >= 0.3 is 11.9 Å². The zero-order valence-corrected chi connectivity index (χ0v) is 18.7. The zero-order valence-electron chi connectivity index (χ0n) is 18.7. The van der Waals surface area contributed by atoms with Crippen LogP contribution in [0.4, 0.5) is 0 Å². The molecule has 0 amide bonds. The number of hydrogen-bond donors (Lipinski definition) is 1. The van der Waals surface area contributed by atoms with Gasteiger partial charge in [-0.3, -0.25) is 9.59 Å². The predicted octanol–water partition coefficient (Wildman–Crippen LogP) is 7.23. The number of allylic oxidation sites excluding steroid dienone is 2. The smallest absolute Gasteiger partial charge is 0.307 e. The standard InChI is InChI=1S/C25H44O4/c1-3-5-6-7-8-9-10-11-12-13-14-15-16-17-18-19-20-23(25(27)28)22-24(26)29-21-4-2/h4,14-15,23H,2-3,5-13,16-22H2,1H3,(H,27,28)/b15-14+. The van der Waals surface area contributed by atoms with Crippen LogP contribution in [0.1, 0.15) is 110 Å². The van der Waals surface area contributed by atoms with Crippen LogP contribution in [0.15, 0.2) is 24.8 Å². The van der Waals surface area contributed by atoms with E-state index in [0.717, 1.165) is 25.7 Å². The largest absolute Gasteiger partial charge is 0.481 e. The third kappa shape index (κ3) is 19.5. The Hall–Kier alpha value is -1.58. The van der Waals surface area contributed by atoms with E-state index < -0.39 is 17.9 Å². The molecule has 1 unspecified atom stereocenters. The minimum Gasteiger partial charge on any atom is -0.481 e. The van der Waals surface area contributed by atoms with Crippen LogP contribution < -0.4 is 0 Å². The summed E-state index contributed by atoms with van der Waals surface area (Å²) in [5.74, 6) is -2.02. The minimum atomic E-state index is -0.915. The molecular formula is C25H44O4. The lowest BCUT2D eigenvalue weighted by Gasteiger charge is -2.11. The molecule has 0 aliphatic heterocycles. The topological polar surface area (TPSA) is 63.6 Å². The number of hydrogen-bond acceptors (Lipinski definition) is 3. The second-order valence-electron chi connectivity index (χ2n) is 7.94. The molecule has 0 aliphatic rings. The maximum atomic E-state index is 11.5. The molecule has 4 heteroatoms. The molecule has 29 heavy (non-hydrogen) atoms. The monoisotopic (exact) mass is 408 g/mol. The van der Waals surface area contributed by atoms with E-state index in [1.165, 1.54) is 70.3 Å². The van der Waals surface area contributed by atoms with Crippen LogP contribution in [0.25, 0.3) is 0 Å². The van der Waals surface area contributed by atoms with Crippen LogP contribution in [0.5, 0.6) is 0 Å². The van der Waals surface area contributed by atoms with Gasteiger partial charge < -0.3 is 9.84 Å². The maximum absolute atomic E-state index is 11.5. The van der Waals surface area contributed by atoms with Crippen LogP contribution >= 0.6 is 0 Å². The summed E-state index contributed by atoms with van der Waals surface area (Å²) in [5.41, 5.74) is 0. The van der Waals surface area contributed by atoms with E-state index in [1.54, 1.807) is 0 Å². The first-order valence-electron chi connectivity index (χ1n) is 11.8. The van der Waals surface area contributed by atoms with Gasteiger partial charge in [-0.1, -0.05) is 95.9 Å². The van der Waals surface area contributed by atoms with Crippen molar-refractivity contribution >= 4 is 11.9 Å². The molecule has 0 radical (unpaired) electrons. The first-order chi connectivity index (χ1) is 14.1. The van der Waals surface area contributed by atoms with Crippen molar-refractivity contribution in [2.75, 3.05) is 6.61 Å². The molecule has 0 aliphatic carbocycles. The average Bonchev–Trinajstić information content (AvgIpc) is 2.70. The maximum Gasteiger partial charge on any atom is 0.307 e. The average molecular weight is 409 g/mol. The lowest BCUT2D eigenvalue weighted by atomic mass is 9.97. The Morgan fingerprint density at radius 1 is 0.862 bits per heavy atom. The number of ether oxygens (including phenoxy) is 1. The molecule has 4 nitrogen and oxygen atoms in total. The second kappa shape index (κ2) is 21.1. The van der Waals surface area contributed by atoms with Gasteiger partial charge in [0.05, 0.1) is 12.3 Å². The summed E-state index contributed by atoms with van der Waals surface area (Å²) in [5, 5.41) is 9.23. The van der Waals surface area contributed by atoms with Gasteiger partial charge in [0, 0.05) is 0 Å². The first kappa shape index (κ1) is 27.4. The molecule has 0 rings (SSSR count). The van der Waals surface area contributed by atoms with Crippen LogP contribution in [0.3, 0.4) is 0 Å². The van der Waals surface area contributed by atoms with Crippen molar-refractivity contribution in [3.63, 3.8) is 0 Å². The van der Waals surface area contributed by atoms with Crippen LogP contribution in [-0.2, 0) is 14.3 Å². The van der Waals surface area contributed by atoms with Crippen LogP contribution in [0.2, 0.25) is 0 Å². The molecule has 0 heterocycles. The van der Waals surface area contributed by atoms with Crippen molar-refractivity contribution in [2.45, 2.75) is 110 Å². The Balaban J connectivity index is 3.54. The van der Waals surface area contributed by atoms with Crippen molar-refractivity contribution in [1.29, 1.82) is 0 Å². The highest BCUT2D eigenvalue weighted by atomic mass is 16.5. The van der Waals surface area contributed by atoms with Crippen molar-refractivity contribution in [3.05, 3.63) is 24.8 Å². The van der Waals surface area contributed by atoms with Gasteiger partial charge in [-0.2, -0.15) is 0 Å². The molecule has 0 aromatic heterocycles. The van der Waals surface area contributed by atoms with Gasteiger partial charge in [-0.25, -0.2) is 0 Å². The fourth-order valence-corrected chi connectivity index (χ4v) is 3.36. The SMILES string of the molecule is C=CCOC(=O)CC(CCCCC/C=C/CCCCCCCCCCC)C(=O)O. The fraction of sp³-hybridized carbons (Fsp3) is 0.760. The predicted molar refractivity (Wildman–Crippen MR) is 121 cm³/mol. The summed E-state index contributed by atoms with van der Waals surface area (Å²) >= 11 is 0. The van der Waals surface area contributed by atoms with E-state index in [0.29, 0.717) is 6.42 Å². The van der Waals surface area contributed by atoms with Crippen molar-refractivity contribution < 1.29 is 19.4 Å². The van der Waals surface area contributed by atoms with Crippen molar-refractivity contribution in [1.82, 2.24) is 0 Å². The quantitative estimate of drug-likeness (QED) is 0.124. The second-order valence-corrected chi connectivity index (χ2v) is 7.94. The molecule has 0 spiro atoms. The molecule has 0 aromatic carbocycles. The lowest BCUT2D eigenvalue weighted by Crippen LogP contribution is -2.19. The lowest BCUT2D eigenvalue weighted by molar-refractivity contribution is -0.151. The van der Waals surface area contributed by atoms with E-state index in [1.807, 2.05) is 0 Å². The summed E-state index contributed by atoms with van der Waals surface area (Å²) < 4.78 is 4.88. The minimum absolute atomic E-state index is 0.0538. The van der Waals surface area contributed by atoms with Crippen molar-refractivity contribution in [2.24, 2.45) is 5.92 Å². The number of carboxylic acids is 1. The third-order valence-electron chi connectivity index (χ3n) is 5.19. The molecular weight excluding hydrogens is 364 g/mol. The normalized spacial score (nSPS) is 12.2. The number of aliphatic carboxylic acids is 1. The Kier molecular flexibility index (Phi) is 20.0. The van der Waals surface area contributed by atoms with E-state index in [-0.39, 0.29) is 13.0 Å². The van der Waals surface area contributed by atoms with E-state index in [4.69, 9.17) is 4.74 Å². The van der Waals surface area contributed by atoms with Gasteiger partial charge in [0.1, 0.15) is 6.61 Å². The van der Waals surface area contributed by atoms with Crippen LogP contribution in [-0.4, -0.2) is 23.7 Å². The Bertz CT molecular complexity index is 442. The van der Waals surface area contributed by atoms with Gasteiger partial charge in [-0.15, -0.1) is 0 Å². The number of carbonyl (C=O) groups excluding carboxylic acids is 1. The molecule has 1 N–H and O–H groups in total. The third-order valence-corrected chi connectivity index (χ3v) is 5.19.